The minimum Gasteiger partial charge on any atom is -0.497 e. The van der Waals surface area contributed by atoms with E-state index in [9.17, 15) is 9.59 Å². The highest BCUT2D eigenvalue weighted by atomic mass is 16.5. The van der Waals surface area contributed by atoms with E-state index in [1.165, 1.54) is 4.57 Å². The number of ether oxygens (including phenoxy) is 1. The van der Waals surface area contributed by atoms with E-state index < -0.39 is 0 Å². The molecule has 6 heteroatoms. The molecule has 112 valence electrons. The Kier molecular flexibility index (Phi) is 3.42. The maximum Gasteiger partial charge on any atom is 0.326 e. The highest BCUT2D eigenvalue weighted by molar-refractivity contribution is 6.05. The SMILES string of the molecule is COc1ccc(C(=O)Nc2ccc3c(c2)[nH]c(=O)n3C)cc1. The molecule has 0 spiro atoms. The summed E-state index contributed by atoms with van der Waals surface area (Å²) < 4.78 is 6.58. The molecule has 0 atom stereocenters. The molecule has 22 heavy (non-hydrogen) atoms. The number of nitrogens with zero attached hydrogens (tertiary/aromatic N) is 1. The van der Waals surface area contributed by atoms with Crippen molar-refractivity contribution in [3.05, 3.63) is 58.5 Å². The molecule has 0 unspecified atom stereocenters. The lowest BCUT2D eigenvalue weighted by Gasteiger charge is -2.06. The largest absolute Gasteiger partial charge is 0.497 e. The average molecular weight is 297 g/mol. The van der Waals surface area contributed by atoms with E-state index in [1.54, 1.807) is 56.6 Å². The lowest BCUT2D eigenvalue weighted by molar-refractivity contribution is 0.102. The zero-order chi connectivity index (χ0) is 15.7. The summed E-state index contributed by atoms with van der Waals surface area (Å²) in [5, 5.41) is 2.81. The molecular weight excluding hydrogens is 282 g/mol. The lowest BCUT2D eigenvalue weighted by Crippen LogP contribution is -2.11. The molecule has 6 nitrogen and oxygen atoms in total. The van der Waals surface area contributed by atoms with Gasteiger partial charge in [0.05, 0.1) is 18.1 Å². The van der Waals surface area contributed by atoms with Gasteiger partial charge in [0, 0.05) is 18.3 Å². The van der Waals surface area contributed by atoms with Crippen molar-refractivity contribution in [2.75, 3.05) is 12.4 Å². The van der Waals surface area contributed by atoms with E-state index in [1.807, 2.05) is 0 Å². The monoisotopic (exact) mass is 297 g/mol. The van der Waals surface area contributed by atoms with Gasteiger partial charge in [-0.05, 0) is 42.5 Å². The van der Waals surface area contributed by atoms with Crippen molar-refractivity contribution >= 4 is 22.6 Å². The Morgan fingerprint density at radius 3 is 2.59 bits per heavy atom. The fraction of sp³-hybridized carbons (Fsp3) is 0.125. The Morgan fingerprint density at radius 2 is 1.91 bits per heavy atom. The molecule has 0 aliphatic heterocycles. The summed E-state index contributed by atoms with van der Waals surface area (Å²) in [6.45, 7) is 0. The Labute approximate surface area is 126 Å². The second-order valence-corrected chi connectivity index (χ2v) is 4.90. The highest BCUT2D eigenvalue weighted by Gasteiger charge is 2.08. The number of aromatic amines is 1. The third-order valence-electron chi connectivity index (χ3n) is 3.51. The predicted molar refractivity (Wildman–Crippen MR) is 84.5 cm³/mol. The first-order valence-corrected chi connectivity index (χ1v) is 6.72. The number of H-pyrrole nitrogens is 1. The first kappa shape index (κ1) is 13.9. The minimum atomic E-state index is -0.222. The molecule has 1 aromatic heterocycles. The van der Waals surface area contributed by atoms with Crippen LogP contribution in [0.25, 0.3) is 11.0 Å². The van der Waals surface area contributed by atoms with E-state index in [-0.39, 0.29) is 11.6 Å². The van der Waals surface area contributed by atoms with Gasteiger partial charge in [-0.3, -0.25) is 9.36 Å². The van der Waals surface area contributed by atoms with E-state index in [0.29, 0.717) is 22.5 Å². The molecule has 0 bridgehead atoms. The van der Waals surface area contributed by atoms with Crippen molar-refractivity contribution in [1.82, 2.24) is 9.55 Å². The average Bonchev–Trinajstić information content (AvgIpc) is 2.81. The normalized spacial score (nSPS) is 10.6. The molecule has 2 N–H and O–H groups in total. The summed E-state index contributed by atoms with van der Waals surface area (Å²) in [7, 11) is 3.27. The summed E-state index contributed by atoms with van der Waals surface area (Å²) in [5.74, 6) is 0.472. The first-order chi connectivity index (χ1) is 10.6. The van der Waals surface area contributed by atoms with Crippen molar-refractivity contribution in [3.8, 4) is 5.75 Å². The number of hydrogen-bond acceptors (Lipinski definition) is 3. The van der Waals surface area contributed by atoms with Crippen LogP contribution in [-0.2, 0) is 7.05 Å². The molecule has 0 aliphatic rings. The van der Waals surface area contributed by atoms with Gasteiger partial charge in [-0.25, -0.2) is 4.79 Å². The van der Waals surface area contributed by atoms with Crippen molar-refractivity contribution in [2.24, 2.45) is 7.05 Å². The molecule has 0 aliphatic carbocycles. The van der Waals surface area contributed by atoms with Gasteiger partial charge in [0.1, 0.15) is 5.75 Å². The van der Waals surface area contributed by atoms with Gasteiger partial charge < -0.3 is 15.0 Å². The molecule has 0 radical (unpaired) electrons. The van der Waals surface area contributed by atoms with E-state index >= 15 is 0 Å². The third kappa shape index (κ3) is 2.46. The number of carbonyl (C=O) groups is 1. The van der Waals surface area contributed by atoms with Gasteiger partial charge >= 0.3 is 5.69 Å². The third-order valence-corrected chi connectivity index (χ3v) is 3.51. The number of fused-ring (bicyclic) bond motifs is 1. The zero-order valence-corrected chi connectivity index (χ0v) is 12.2. The van der Waals surface area contributed by atoms with Crippen LogP contribution < -0.4 is 15.7 Å². The second kappa shape index (κ2) is 5.40. The van der Waals surface area contributed by atoms with Gasteiger partial charge in [0.15, 0.2) is 0 Å². The fourth-order valence-corrected chi connectivity index (χ4v) is 2.26. The number of hydrogen-bond donors (Lipinski definition) is 2. The van der Waals surface area contributed by atoms with Gasteiger partial charge in [-0.1, -0.05) is 0 Å². The molecule has 0 fully saturated rings. The Hall–Kier alpha value is -3.02. The Bertz CT molecular complexity index is 891. The smallest absolute Gasteiger partial charge is 0.326 e. The number of rotatable bonds is 3. The van der Waals surface area contributed by atoms with Crippen LogP contribution in [0.3, 0.4) is 0 Å². The fourth-order valence-electron chi connectivity index (χ4n) is 2.26. The van der Waals surface area contributed by atoms with Crippen LogP contribution in [0.2, 0.25) is 0 Å². The van der Waals surface area contributed by atoms with E-state index in [4.69, 9.17) is 4.74 Å². The summed E-state index contributed by atoms with van der Waals surface area (Å²) in [6, 6.07) is 12.1. The van der Waals surface area contributed by atoms with Gasteiger partial charge in [0.2, 0.25) is 0 Å². The minimum absolute atomic E-state index is 0.186. The number of aromatic nitrogens is 2. The van der Waals surface area contributed by atoms with Crippen molar-refractivity contribution in [2.45, 2.75) is 0 Å². The Morgan fingerprint density at radius 1 is 1.18 bits per heavy atom. The summed E-state index contributed by atoms with van der Waals surface area (Å²) in [6.07, 6.45) is 0. The highest BCUT2D eigenvalue weighted by Crippen LogP contribution is 2.17. The number of amides is 1. The summed E-state index contributed by atoms with van der Waals surface area (Å²) >= 11 is 0. The van der Waals surface area contributed by atoms with Crippen LogP contribution in [0, 0.1) is 0 Å². The summed E-state index contributed by atoms with van der Waals surface area (Å²) in [5.41, 5.74) is 2.43. The standard InChI is InChI=1S/C16H15N3O3/c1-19-14-8-5-11(9-13(14)18-16(19)21)17-15(20)10-3-6-12(22-2)7-4-10/h3-9H,1-2H3,(H,17,20)(H,18,21). The van der Waals surface area contributed by atoms with Gasteiger partial charge in [-0.2, -0.15) is 0 Å². The number of anilines is 1. The van der Waals surface area contributed by atoms with Crippen LogP contribution in [0.4, 0.5) is 5.69 Å². The number of methoxy groups -OCH3 is 1. The van der Waals surface area contributed by atoms with Crippen molar-refractivity contribution < 1.29 is 9.53 Å². The van der Waals surface area contributed by atoms with Crippen LogP contribution in [0.15, 0.2) is 47.3 Å². The summed E-state index contributed by atoms with van der Waals surface area (Å²) in [4.78, 5) is 26.5. The van der Waals surface area contributed by atoms with Gasteiger partial charge in [-0.15, -0.1) is 0 Å². The first-order valence-electron chi connectivity index (χ1n) is 6.72. The molecule has 0 saturated carbocycles. The van der Waals surface area contributed by atoms with Crippen LogP contribution in [-0.4, -0.2) is 22.6 Å². The van der Waals surface area contributed by atoms with E-state index in [2.05, 4.69) is 10.3 Å². The zero-order valence-electron chi connectivity index (χ0n) is 12.2. The van der Waals surface area contributed by atoms with E-state index in [0.717, 1.165) is 5.52 Å². The molecule has 0 saturated heterocycles. The number of imidazole rings is 1. The molecule has 2 aromatic carbocycles. The number of carbonyl (C=O) groups excluding carboxylic acids is 1. The molecule has 1 heterocycles. The topological polar surface area (TPSA) is 76.1 Å². The van der Waals surface area contributed by atoms with Crippen LogP contribution in [0.5, 0.6) is 5.75 Å². The molecular formula is C16H15N3O3. The molecule has 3 rings (SSSR count). The van der Waals surface area contributed by atoms with Gasteiger partial charge in [0.25, 0.3) is 5.91 Å². The van der Waals surface area contributed by atoms with Crippen LogP contribution >= 0.6 is 0 Å². The van der Waals surface area contributed by atoms with Crippen molar-refractivity contribution in [3.63, 3.8) is 0 Å². The maximum atomic E-state index is 12.2. The Balaban J connectivity index is 1.85. The second-order valence-electron chi connectivity index (χ2n) is 4.90. The molecule has 1 amide bonds. The van der Waals surface area contributed by atoms with Crippen LogP contribution in [0.1, 0.15) is 10.4 Å². The quantitative estimate of drug-likeness (QED) is 0.777. The number of aryl methyl sites for hydroxylation is 1. The van der Waals surface area contributed by atoms with Crippen molar-refractivity contribution in [1.29, 1.82) is 0 Å². The molecule has 3 aromatic rings. The number of nitrogens with one attached hydrogen (secondary N) is 2. The predicted octanol–water partition coefficient (Wildman–Crippen LogP) is 2.13. The number of benzene rings is 2. The lowest BCUT2D eigenvalue weighted by atomic mass is 10.2. The maximum absolute atomic E-state index is 12.2.